The molecule has 0 aliphatic carbocycles. The second-order valence-electron chi connectivity index (χ2n) is 4.91. The molecule has 112 valence electrons. The van der Waals surface area contributed by atoms with E-state index in [4.69, 9.17) is 10.6 Å². The zero-order valence-corrected chi connectivity index (χ0v) is 12.6. The summed E-state index contributed by atoms with van der Waals surface area (Å²) in [5, 5.41) is 0. The number of likely N-dealkylation sites (N-methyl/N-ethyl adjacent to an activating group) is 1. The maximum absolute atomic E-state index is 11.5. The molecule has 0 heterocycles. The number of carbonyl (C=O) groups excluding carboxylic acids is 1. The van der Waals surface area contributed by atoms with Crippen molar-refractivity contribution in [2.75, 3.05) is 26.8 Å². The minimum absolute atomic E-state index is 0.174. The summed E-state index contributed by atoms with van der Waals surface area (Å²) >= 11 is 0. The molecule has 1 aromatic rings. The molecule has 1 atom stereocenters. The van der Waals surface area contributed by atoms with E-state index in [1.165, 1.54) is 5.56 Å². The molecule has 1 unspecified atom stereocenters. The average molecular weight is 279 g/mol. The van der Waals surface area contributed by atoms with Crippen molar-refractivity contribution in [2.24, 2.45) is 5.84 Å². The Labute approximate surface area is 121 Å². The van der Waals surface area contributed by atoms with E-state index in [1.54, 1.807) is 0 Å². The lowest BCUT2D eigenvalue weighted by Crippen LogP contribution is -2.33. The number of benzene rings is 1. The van der Waals surface area contributed by atoms with E-state index in [9.17, 15) is 4.79 Å². The molecule has 5 nitrogen and oxygen atoms in total. The first-order valence-electron chi connectivity index (χ1n) is 6.94. The van der Waals surface area contributed by atoms with E-state index in [0.29, 0.717) is 0 Å². The highest BCUT2D eigenvalue weighted by Gasteiger charge is 2.13. The zero-order valence-electron chi connectivity index (χ0n) is 12.6. The highest BCUT2D eigenvalue weighted by molar-refractivity contribution is 5.82. The molecule has 0 saturated carbocycles. The van der Waals surface area contributed by atoms with Gasteiger partial charge in [-0.15, -0.1) is 0 Å². The monoisotopic (exact) mass is 279 g/mol. The molecule has 1 aromatic carbocycles. The minimum atomic E-state index is -0.232. The maximum atomic E-state index is 11.5. The third kappa shape index (κ3) is 5.28. The lowest BCUT2D eigenvalue weighted by atomic mass is 9.99. The number of carbonyl (C=O) groups is 1. The van der Waals surface area contributed by atoms with Gasteiger partial charge >= 0.3 is 0 Å². The van der Waals surface area contributed by atoms with Crippen LogP contribution >= 0.6 is 0 Å². The standard InChI is InChI=1S/C15H25N3O2/c1-4-20-10-9-18(3)11-13-5-7-14(8-6-13)12(2)15(19)17-16/h5-8,12H,4,9-11,16H2,1-3H3,(H,17,19). The minimum Gasteiger partial charge on any atom is -0.380 e. The Morgan fingerprint density at radius 2 is 2.05 bits per heavy atom. The zero-order chi connectivity index (χ0) is 15.0. The first-order chi connectivity index (χ1) is 9.58. The number of hydrogen-bond acceptors (Lipinski definition) is 4. The average Bonchev–Trinajstić information content (AvgIpc) is 2.46. The van der Waals surface area contributed by atoms with Crippen LogP contribution in [0.15, 0.2) is 24.3 Å². The van der Waals surface area contributed by atoms with Crippen molar-refractivity contribution in [3.8, 4) is 0 Å². The summed E-state index contributed by atoms with van der Waals surface area (Å²) in [6, 6.07) is 8.05. The first kappa shape index (κ1) is 16.6. The second-order valence-corrected chi connectivity index (χ2v) is 4.91. The maximum Gasteiger partial charge on any atom is 0.241 e. The van der Waals surface area contributed by atoms with Gasteiger partial charge in [0.05, 0.1) is 12.5 Å². The number of amides is 1. The first-order valence-corrected chi connectivity index (χ1v) is 6.94. The van der Waals surface area contributed by atoms with Gasteiger partial charge in [-0.25, -0.2) is 5.84 Å². The molecule has 1 amide bonds. The molecular weight excluding hydrogens is 254 g/mol. The van der Waals surface area contributed by atoms with E-state index in [-0.39, 0.29) is 11.8 Å². The van der Waals surface area contributed by atoms with Gasteiger partial charge < -0.3 is 4.74 Å². The number of nitrogens with two attached hydrogens (primary N) is 1. The van der Waals surface area contributed by atoms with E-state index in [0.717, 1.165) is 31.9 Å². The van der Waals surface area contributed by atoms with Crippen molar-refractivity contribution in [1.82, 2.24) is 10.3 Å². The molecule has 0 fully saturated rings. The molecule has 1 rings (SSSR count). The smallest absolute Gasteiger partial charge is 0.241 e. The Bertz CT molecular complexity index is 406. The number of hydrazine groups is 1. The summed E-state index contributed by atoms with van der Waals surface area (Å²) in [7, 11) is 2.07. The normalized spacial score (nSPS) is 12.4. The van der Waals surface area contributed by atoms with Crippen LogP contribution < -0.4 is 11.3 Å². The van der Waals surface area contributed by atoms with Crippen molar-refractivity contribution in [3.63, 3.8) is 0 Å². The van der Waals surface area contributed by atoms with Crippen LogP contribution in [-0.2, 0) is 16.1 Å². The van der Waals surface area contributed by atoms with E-state index in [1.807, 2.05) is 38.1 Å². The summed E-state index contributed by atoms with van der Waals surface area (Å²) in [4.78, 5) is 13.7. The van der Waals surface area contributed by atoms with Crippen LogP contribution in [0, 0.1) is 0 Å². The fourth-order valence-electron chi connectivity index (χ4n) is 1.94. The Hall–Kier alpha value is -1.43. The van der Waals surface area contributed by atoms with Crippen molar-refractivity contribution in [3.05, 3.63) is 35.4 Å². The summed E-state index contributed by atoms with van der Waals surface area (Å²) in [6.07, 6.45) is 0. The Morgan fingerprint density at radius 1 is 1.40 bits per heavy atom. The molecule has 5 heteroatoms. The predicted molar refractivity (Wildman–Crippen MR) is 80.0 cm³/mol. The van der Waals surface area contributed by atoms with Crippen LogP contribution in [0.3, 0.4) is 0 Å². The molecule has 20 heavy (non-hydrogen) atoms. The number of nitrogens with one attached hydrogen (secondary N) is 1. The summed E-state index contributed by atoms with van der Waals surface area (Å²) in [5.41, 5.74) is 4.36. The fourth-order valence-corrected chi connectivity index (χ4v) is 1.94. The second kappa shape index (κ2) is 8.68. The summed E-state index contributed by atoms with van der Waals surface area (Å²) < 4.78 is 5.33. The van der Waals surface area contributed by atoms with Gasteiger partial charge in [0.2, 0.25) is 5.91 Å². The van der Waals surface area contributed by atoms with Crippen molar-refractivity contribution < 1.29 is 9.53 Å². The molecule has 0 spiro atoms. The van der Waals surface area contributed by atoms with Gasteiger partial charge in [0.1, 0.15) is 0 Å². The van der Waals surface area contributed by atoms with Crippen LogP contribution in [-0.4, -0.2) is 37.6 Å². The number of rotatable bonds is 8. The largest absolute Gasteiger partial charge is 0.380 e. The molecule has 0 aliphatic rings. The van der Waals surface area contributed by atoms with E-state index < -0.39 is 0 Å². The molecule has 0 aliphatic heterocycles. The predicted octanol–water partition coefficient (Wildman–Crippen LogP) is 1.25. The Kier molecular flexibility index (Phi) is 7.22. The van der Waals surface area contributed by atoms with Crippen molar-refractivity contribution in [2.45, 2.75) is 26.3 Å². The van der Waals surface area contributed by atoms with Gasteiger partial charge in [0.25, 0.3) is 0 Å². The van der Waals surface area contributed by atoms with Crippen molar-refractivity contribution >= 4 is 5.91 Å². The fraction of sp³-hybridized carbons (Fsp3) is 0.533. The van der Waals surface area contributed by atoms with Crippen LogP contribution in [0.4, 0.5) is 0 Å². The SMILES string of the molecule is CCOCCN(C)Cc1ccc(C(C)C(=O)NN)cc1. The van der Waals surface area contributed by atoms with Gasteiger partial charge in [-0.2, -0.15) is 0 Å². The van der Waals surface area contributed by atoms with Crippen molar-refractivity contribution in [1.29, 1.82) is 0 Å². The highest BCUT2D eigenvalue weighted by Crippen LogP contribution is 2.16. The molecule has 0 radical (unpaired) electrons. The quantitative estimate of drug-likeness (QED) is 0.325. The van der Waals surface area contributed by atoms with Gasteiger partial charge in [-0.3, -0.25) is 15.1 Å². The number of hydrogen-bond donors (Lipinski definition) is 2. The van der Waals surface area contributed by atoms with Crippen LogP contribution in [0.5, 0.6) is 0 Å². The van der Waals surface area contributed by atoms with Crippen LogP contribution in [0.25, 0.3) is 0 Å². The topological polar surface area (TPSA) is 67.6 Å². The van der Waals surface area contributed by atoms with Gasteiger partial charge in [-0.1, -0.05) is 24.3 Å². The highest BCUT2D eigenvalue weighted by atomic mass is 16.5. The molecule has 0 bridgehead atoms. The molecular formula is C15H25N3O2. The lowest BCUT2D eigenvalue weighted by molar-refractivity contribution is -0.122. The Balaban J connectivity index is 2.52. The summed E-state index contributed by atoms with van der Waals surface area (Å²) in [6.45, 7) is 7.11. The van der Waals surface area contributed by atoms with Gasteiger partial charge in [0.15, 0.2) is 0 Å². The molecule has 0 aromatic heterocycles. The third-order valence-corrected chi connectivity index (χ3v) is 3.29. The summed E-state index contributed by atoms with van der Waals surface area (Å²) in [5.74, 6) is 4.74. The van der Waals surface area contributed by atoms with Gasteiger partial charge in [0, 0.05) is 19.7 Å². The van der Waals surface area contributed by atoms with Crippen LogP contribution in [0.2, 0.25) is 0 Å². The van der Waals surface area contributed by atoms with Crippen LogP contribution in [0.1, 0.15) is 30.9 Å². The number of nitrogens with zero attached hydrogens (tertiary/aromatic N) is 1. The Morgan fingerprint density at radius 3 is 2.60 bits per heavy atom. The van der Waals surface area contributed by atoms with E-state index in [2.05, 4.69) is 17.4 Å². The number of ether oxygens (including phenoxy) is 1. The molecule has 3 N–H and O–H groups in total. The molecule has 0 saturated heterocycles. The van der Waals surface area contributed by atoms with E-state index >= 15 is 0 Å². The van der Waals surface area contributed by atoms with Gasteiger partial charge in [-0.05, 0) is 32.0 Å². The lowest BCUT2D eigenvalue weighted by Gasteiger charge is -2.17. The third-order valence-electron chi connectivity index (χ3n) is 3.29.